The number of halogens is 4. The molecule has 144 valence electrons. The molecule has 2 rings (SSSR count). The molecule has 0 aromatic heterocycles. The summed E-state index contributed by atoms with van der Waals surface area (Å²) >= 11 is 5.95. The number of hydrogen-bond acceptors (Lipinski definition) is 4. The smallest absolute Gasteiger partial charge is 0.416 e. The van der Waals surface area contributed by atoms with E-state index in [1.807, 2.05) is 0 Å². The van der Waals surface area contributed by atoms with Gasteiger partial charge >= 0.3 is 18.0 Å². The number of rotatable bonds is 4. The van der Waals surface area contributed by atoms with Crippen molar-refractivity contribution in [2.45, 2.75) is 6.18 Å². The molecule has 0 saturated carbocycles. The van der Waals surface area contributed by atoms with E-state index < -0.39 is 23.6 Å². The topological polar surface area (TPSA) is 76.7 Å². The second kappa shape index (κ2) is 8.17. The molecule has 0 radical (unpaired) electrons. The van der Waals surface area contributed by atoms with Gasteiger partial charge in [0, 0.05) is 17.8 Å². The van der Waals surface area contributed by atoms with Crippen molar-refractivity contribution >= 4 is 34.8 Å². The zero-order chi connectivity index (χ0) is 20.2. The summed E-state index contributed by atoms with van der Waals surface area (Å²) in [6.07, 6.45) is -4.57. The molecular formula is C17H14ClF3N2O4. The number of alkyl halides is 3. The van der Waals surface area contributed by atoms with Crippen LogP contribution in [0.5, 0.6) is 11.5 Å². The standard InChI is InChI=1S/C17H14ClF3N2O4/c1-26-13-8-12(14(27-2)7-11(13)18)23-16(25)15(24)22-10-5-3-4-9(6-10)17(19,20)21/h3-8H,1-2H3,(H,22,24)(H,23,25). The molecule has 0 fully saturated rings. The fourth-order valence-corrected chi connectivity index (χ4v) is 2.33. The van der Waals surface area contributed by atoms with Crippen LogP contribution in [0, 0.1) is 0 Å². The van der Waals surface area contributed by atoms with Gasteiger partial charge in [-0.15, -0.1) is 0 Å². The van der Waals surface area contributed by atoms with Crippen molar-refractivity contribution in [1.29, 1.82) is 0 Å². The van der Waals surface area contributed by atoms with Crippen LogP contribution in [0.3, 0.4) is 0 Å². The maximum atomic E-state index is 12.7. The van der Waals surface area contributed by atoms with Gasteiger partial charge in [-0.1, -0.05) is 17.7 Å². The van der Waals surface area contributed by atoms with E-state index in [2.05, 4.69) is 10.6 Å². The lowest BCUT2D eigenvalue weighted by Gasteiger charge is -2.13. The van der Waals surface area contributed by atoms with Crippen LogP contribution in [-0.4, -0.2) is 26.0 Å². The van der Waals surface area contributed by atoms with E-state index in [0.29, 0.717) is 0 Å². The van der Waals surface area contributed by atoms with E-state index in [1.165, 1.54) is 32.4 Å². The minimum Gasteiger partial charge on any atom is -0.495 e. The van der Waals surface area contributed by atoms with Crippen LogP contribution < -0.4 is 20.1 Å². The molecule has 0 aliphatic rings. The lowest BCUT2D eigenvalue weighted by atomic mass is 10.2. The number of benzene rings is 2. The summed E-state index contributed by atoms with van der Waals surface area (Å²) in [7, 11) is 2.69. The third kappa shape index (κ3) is 5.04. The number of nitrogens with one attached hydrogen (secondary N) is 2. The Morgan fingerprint density at radius 3 is 2.19 bits per heavy atom. The Bertz CT molecular complexity index is 872. The maximum Gasteiger partial charge on any atom is 0.416 e. The first-order valence-electron chi connectivity index (χ1n) is 7.36. The van der Waals surface area contributed by atoms with E-state index in [0.717, 1.165) is 18.2 Å². The van der Waals surface area contributed by atoms with Crippen molar-refractivity contribution in [3.63, 3.8) is 0 Å². The Morgan fingerprint density at radius 1 is 0.963 bits per heavy atom. The van der Waals surface area contributed by atoms with Crippen molar-refractivity contribution in [3.8, 4) is 11.5 Å². The summed E-state index contributed by atoms with van der Waals surface area (Å²) in [5.74, 6) is -1.88. The first kappa shape index (κ1) is 20.4. The van der Waals surface area contributed by atoms with E-state index in [9.17, 15) is 22.8 Å². The number of carbonyl (C=O) groups excluding carboxylic acids is 2. The number of ether oxygens (including phenoxy) is 2. The Morgan fingerprint density at radius 2 is 1.59 bits per heavy atom. The van der Waals surface area contributed by atoms with Gasteiger partial charge in [-0.25, -0.2) is 0 Å². The Labute approximate surface area is 157 Å². The van der Waals surface area contributed by atoms with Gasteiger partial charge in [0.05, 0.1) is 30.5 Å². The van der Waals surface area contributed by atoms with Gasteiger partial charge in [0.2, 0.25) is 0 Å². The predicted octanol–water partition coefficient (Wildman–Crippen LogP) is 3.95. The van der Waals surface area contributed by atoms with Crippen molar-refractivity contribution in [2.75, 3.05) is 24.9 Å². The normalized spacial score (nSPS) is 10.9. The van der Waals surface area contributed by atoms with Gasteiger partial charge < -0.3 is 20.1 Å². The molecule has 0 atom stereocenters. The molecule has 2 amide bonds. The molecular weight excluding hydrogens is 389 g/mol. The van der Waals surface area contributed by atoms with Gasteiger partial charge in [-0.05, 0) is 18.2 Å². The number of methoxy groups -OCH3 is 2. The molecule has 2 aromatic rings. The highest BCUT2D eigenvalue weighted by molar-refractivity contribution is 6.44. The van der Waals surface area contributed by atoms with Crippen molar-refractivity contribution in [2.24, 2.45) is 0 Å². The van der Waals surface area contributed by atoms with Crippen LogP contribution >= 0.6 is 11.6 Å². The van der Waals surface area contributed by atoms with Crippen molar-refractivity contribution in [3.05, 3.63) is 47.0 Å². The minimum absolute atomic E-state index is 0.0999. The minimum atomic E-state index is -4.57. The van der Waals surface area contributed by atoms with E-state index in [1.54, 1.807) is 0 Å². The third-order valence-electron chi connectivity index (χ3n) is 3.38. The average molecular weight is 403 g/mol. The molecule has 6 nitrogen and oxygen atoms in total. The Balaban J connectivity index is 2.16. The molecule has 27 heavy (non-hydrogen) atoms. The first-order chi connectivity index (χ1) is 12.7. The first-order valence-corrected chi connectivity index (χ1v) is 7.74. The Kier molecular flexibility index (Phi) is 6.17. The summed E-state index contributed by atoms with van der Waals surface area (Å²) in [6, 6.07) is 6.63. The average Bonchev–Trinajstić information content (AvgIpc) is 2.62. The molecule has 0 bridgehead atoms. The summed E-state index contributed by atoms with van der Waals surface area (Å²) in [6.45, 7) is 0. The number of anilines is 2. The maximum absolute atomic E-state index is 12.7. The summed E-state index contributed by atoms with van der Waals surface area (Å²) < 4.78 is 48.2. The molecule has 0 aliphatic heterocycles. The number of amides is 2. The monoisotopic (exact) mass is 402 g/mol. The fourth-order valence-electron chi connectivity index (χ4n) is 2.10. The van der Waals surface area contributed by atoms with Gasteiger partial charge in [-0.3, -0.25) is 9.59 Å². The van der Waals surface area contributed by atoms with Crippen LogP contribution in [-0.2, 0) is 15.8 Å². The summed E-state index contributed by atoms with van der Waals surface area (Å²) in [4.78, 5) is 24.1. The second-order valence-corrected chi connectivity index (χ2v) is 5.58. The van der Waals surface area contributed by atoms with Crippen LogP contribution in [0.1, 0.15) is 5.56 Å². The largest absolute Gasteiger partial charge is 0.495 e. The predicted molar refractivity (Wildman–Crippen MR) is 93.3 cm³/mol. The highest BCUT2D eigenvalue weighted by atomic mass is 35.5. The van der Waals surface area contributed by atoms with Crippen molar-refractivity contribution in [1.82, 2.24) is 0 Å². The van der Waals surface area contributed by atoms with Gasteiger partial charge in [0.1, 0.15) is 11.5 Å². The van der Waals surface area contributed by atoms with Crippen molar-refractivity contribution < 1.29 is 32.2 Å². The molecule has 10 heteroatoms. The number of hydrogen-bond donors (Lipinski definition) is 2. The molecule has 0 heterocycles. The van der Waals surface area contributed by atoms with Crippen LogP contribution in [0.2, 0.25) is 5.02 Å². The fraction of sp³-hybridized carbons (Fsp3) is 0.176. The Hall–Kier alpha value is -2.94. The summed E-state index contributed by atoms with van der Waals surface area (Å²) in [5, 5.41) is 4.62. The van der Waals surface area contributed by atoms with Gasteiger partial charge in [0.25, 0.3) is 0 Å². The van der Waals surface area contributed by atoms with Crippen LogP contribution in [0.4, 0.5) is 24.5 Å². The van der Waals surface area contributed by atoms with E-state index in [-0.39, 0.29) is 27.9 Å². The SMILES string of the molecule is COc1cc(NC(=O)C(=O)Nc2cccc(C(F)(F)F)c2)c(OC)cc1Cl. The van der Waals surface area contributed by atoms with Crippen LogP contribution in [0.25, 0.3) is 0 Å². The quantitative estimate of drug-likeness (QED) is 0.759. The van der Waals surface area contributed by atoms with E-state index in [4.69, 9.17) is 21.1 Å². The zero-order valence-corrected chi connectivity index (χ0v) is 14.9. The summed E-state index contributed by atoms with van der Waals surface area (Å²) in [5.41, 5.74) is -1.03. The molecule has 0 saturated heterocycles. The lowest BCUT2D eigenvalue weighted by Crippen LogP contribution is -2.29. The number of carbonyl (C=O) groups is 2. The second-order valence-electron chi connectivity index (χ2n) is 5.17. The lowest BCUT2D eigenvalue weighted by molar-refractivity contribution is -0.137. The molecule has 2 N–H and O–H groups in total. The van der Waals surface area contributed by atoms with Gasteiger partial charge in [0.15, 0.2) is 0 Å². The molecule has 0 aliphatic carbocycles. The zero-order valence-electron chi connectivity index (χ0n) is 14.1. The van der Waals surface area contributed by atoms with Gasteiger partial charge in [-0.2, -0.15) is 13.2 Å². The van der Waals surface area contributed by atoms with Crippen LogP contribution in [0.15, 0.2) is 36.4 Å². The highest BCUT2D eigenvalue weighted by Crippen LogP contribution is 2.36. The highest BCUT2D eigenvalue weighted by Gasteiger charge is 2.30. The molecule has 2 aromatic carbocycles. The third-order valence-corrected chi connectivity index (χ3v) is 3.67. The molecule has 0 unspecified atom stereocenters. The van der Waals surface area contributed by atoms with E-state index >= 15 is 0 Å². The molecule has 0 spiro atoms.